The number of anilines is 4. The molecule has 5 atom stereocenters. The molecular formula is C80H84N2. The molecular weight excluding hydrogens is 989 g/mol. The lowest BCUT2D eigenvalue weighted by atomic mass is 9.63. The minimum Gasteiger partial charge on any atom is -0.334 e. The number of hydrogen-bond acceptors (Lipinski definition) is 2. The number of fused-ring (bicyclic) bond motifs is 6. The van der Waals surface area contributed by atoms with Gasteiger partial charge >= 0.3 is 0 Å². The predicted molar refractivity (Wildman–Crippen MR) is 353 cm³/mol. The summed E-state index contributed by atoms with van der Waals surface area (Å²) in [6.45, 7) is 23.6. The lowest BCUT2D eigenvalue weighted by Crippen LogP contribution is -2.37. The van der Waals surface area contributed by atoms with Crippen LogP contribution < -0.4 is 9.80 Å². The highest BCUT2D eigenvalue weighted by Gasteiger charge is 2.49. The molecule has 5 unspecified atom stereocenters. The summed E-state index contributed by atoms with van der Waals surface area (Å²) in [6.07, 6.45) is 31.0. The van der Waals surface area contributed by atoms with Gasteiger partial charge in [-0.25, -0.2) is 0 Å². The van der Waals surface area contributed by atoms with Crippen molar-refractivity contribution in [1.29, 1.82) is 0 Å². The van der Waals surface area contributed by atoms with E-state index in [4.69, 9.17) is 0 Å². The van der Waals surface area contributed by atoms with Crippen molar-refractivity contribution in [2.45, 2.75) is 137 Å². The SMILES string of the molecule is C/C=C(\C=C/C1=CC(c2ccc3c(c2)CCC=C3)(C(C)C(C)C)c2cc(N(c3ccc(C(C)C)cc3)C3CC=CC(c4ccccc4)=C3C)c3c(c21)CC1C=CCCC31)N(c1ccc(C(C)C)cc1)c1ccc(C)c(-c2ccccc2)c1. The van der Waals surface area contributed by atoms with E-state index in [-0.39, 0.29) is 12.0 Å². The van der Waals surface area contributed by atoms with Crippen molar-refractivity contribution in [2.24, 2.45) is 17.8 Å². The van der Waals surface area contributed by atoms with Crippen LogP contribution in [-0.4, -0.2) is 6.04 Å². The highest BCUT2D eigenvalue weighted by molar-refractivity contribution is 5.92. The van der Waals surface area contributed by atoms with Gasteiger partial charge in [-0.05, 0) is 232 Å². The molecule has 12 rings (SSSR count). The van der Waals surface area contributed by atoms with Crippen molar-refractivity contribution in [1.82, 2.24) is 0 Å². The average Bonchev–Trinajstić information content (AvgIpc) is 4.01. The molecule has 0 aliphatic heterocycles. The second-order valence-corrected chi connectivity index (χ2v) is 25.3. The van der Waals surface area contributed by atoms with E-state index < -0.39 is 5.41 Å². The lowest BCUT2D eigenvalue weighted by molar-refractivity contribution is 0.317. The van der Waals surface area contributed by atoms with Crippen LogP contribution in [0.4, 0.5) is 22.7 Å². The Morgan fingerprint density at radius 1 is 0.659 bits per heavy atom. The third kappa shape index (κ3) is 9.95. The second-order valence-electron chi connectivity index (χ2n) is 25.3. The van der Waals surface area contributed by atoms with Gasteiger partial charge in [0.15, 0.2) is 0 Å². The van der Waals surface area contributed by atoms with Gasteiger partial charge in [-0.3, -0.25) is 0 Å². The van der Waals surface area contributed by atoms with E-state index in [1.807, 2.05) is 0 Å². The molecule has 7 aromatic carbocycles. The fourth-order valence-electron chi connectivity index (χ4n) is 14.7. The Morgan fingerprint density at radius 3 is 2.02 bits per heavy atom. The molecule has 0 radical (unpaired) electrons. The molecule has 0 amide bonds. The van der Waals surface area contributed by atoms with E-state index in [1.54, 1.807) is 11.1 Å². The summed E-state index contributed by atoms with van der Waals surface area (Å²) >= 11 is 0. The topological polar surface area (TPSA) is 6.48 Å². The summed E-state index contributed by atoms with van der Waals surface area (Å²) in [5, 5.41) is 0. The Bertz CT molecular complexity index is 3720. The monoisotopic (exact) mass is 1070 g/mol. The number of allylic oxidation sites excluding steroid dienone is 10. The predicted octanol–water partition coefficient (Wildman–Crippen LogP) is 21.7. The Hall–Kier alpha value is -7.68. The van der Waals surface area contributed by atoms with Crippen LogP contribution in [0.1, 0.15) is 167 Å². The maximum Gasteiger partial charge on any atom is 0.0592 e. The zero-order chi connectivity index (χ0) is 56.8. The van der Waals surface area contributed by atoms with Crippen molar-refractivity contribution in [2.75, 3.05) is 9.80 Å². The Labute approximate surface area is 491 Å². The fourth-order valence-corrected chi connectivity index (χ4v) is 14.7. The van der Waals surface area contributed by atoms with Crippen LogP contribution >= 0.6 is 0 Å². The van der Waals surface area contributed by atoms with E-state index in [0.29, 0.717) is 29.6 Å². The lowest BCUT2D eigenvalue weighted by Gasteiger charge is -2.42. The zero-order valence-corrected chi connectivity index (χ0v) is 50.4. The van der Waals surface area contributed by atoms with Gasteiger partial charge in [0, 0.05) is 33.9 Å². The fraction of sp³-hybridized carbons (Fsp3) is 0.300. The summed E-state index contributed by atoms with van der Waals surface area (Å²) in [4.78, 5) is 5.31. The summed E-state index contributed by atoms with van der Waals surface area (Å²) < 4.78 is 0. The average molecular weight is 1070 g/mol. The van der Waals surface area contributed by atoms with E-state index in [2.05, 4.69) is 291 Å². The minimum atomic E-state index is -0.420. The summed E-state index contributed by atoms with van der Waals surface area (Å²) in [6, 6.07) is 58.4. The first-order valence-corrected chi connectivity index (χ1v) is 31.0. The maximum absolute atomic E-state index is 2.83. The first-order chi connectivity index (χ1) is 39.8. The number of benzene rings is 7. The standard InChI is InChI=1S/C80H84N2/c1-11-67(81(68-43-35-58(36-44-68)53(4)5)70-41-33-55(8)73(49-70)62-26-16-13-17-27-62)42-39-65-51-80(57(10)52(2)3,66-40-34-60-23-18-19-28-63(60)47-66)75-50-77(79-72-30-21-20-29-64(72)48-74(79)78(65)75)82(69-45-37-59(38-46-69)54(6)7)76-32-22-31-71(56(76)9)61-24-14-12-15-25-61/h11-18,20,22-27,29,31,33-47,49-54,57,64,72,76H,19,21,28,30,32,48H2,1-10H3/b42-39-,67-11+. The minimum absolute atomic E-state index is 0.119. The molecule has 0 N–H and O–H groups in total. The van der Waals surface area contributed by atoms with Gasteiger partial charge in [0.1, 0.15) is 0 Å². The van der Waals surface area contributed by atoms with Crippen LogP contribution in [0.2, 0.25) is 0 Å². The number of rotatable bonds is 15. The van der Waals surface area contributed by atoms with Crippen LogP contribution in [0, 0.1) is 24.7 Å². The smallest absolute Gasteiger partial charge is 0.0592 e. The third-order valence-electron chi connectivity index (χ3n) is 19.6. The second kappa shape index (κ2) is 22.9. The van der Waals surface area contributed by atoms with Crippen molar-refractivity contribution >= 4 is 40.0 Å². The Balaban J connectivity index is 1.11. The van der Waals surface area contributed by atoms with Crippen molar-refractivity contribution in [3.8, 4) is 11.1 Å². The molecule has 0 heterocycles. The Morgan fingerprint density at radius 2 is 1.34 bits per heavy atom. The molecule has 414 valence electrons. The molecule has 7 aromatic rings. The first kappa shape index (κ1) is 54.9. The molecule has 0 aromatic heterocycles. The van der Waals surface area contributed by atoms with Gasteiger partial charge in [0.2, 0.25) is 0 Å². The van der Waals surface area contributed by atoms with Crippen LogP contribution in [0.3, 0.4) is 0 Å². The molecule has 5 aliphatic rings. The van der Waals surface area contributed by atoms with Crippen LogP contribution in [0.25, 0.3) is 28.3 Å². The zero-order valence-electron chi connectivity index (χ0n) is 50.4. The molecule has 5 aliphatic carbocycles. The van der Waals surface area contributed by atoms with Crippen LogP contribution in [-0.2, 0) is 18.3 Å². The van der Waals surface area contributed by atoms with Crippen LogP contribution in [0.15, 0.2) is 218 Å². The van der Waals surface area contributed by atoms with E-state index >= 15 is 0 Å². The van der Waals surface area contributed by atoms with Gasteiger partial charge in [0.05, 0.1) is 6.04 Å². The number of aryl methyl sites for hydroxylation is 2. The summed E-state index contributed by atoms with van der Waals surface area (Å²) in [7, 11) is 0. The molecule has 0 spiro atoms. The quantitative estimate of drug-likeness (QED) is 0.0746. The highest BCUT2D eigenvalue weighted by Crippen LogP contribution is 2.60. The molecule has 0 saturated heterocycles. The molecule has 2 nitrogen and oxygen atoms in total. The van der Waals surface area contributed by atoms with Gasteiger partial charge in [-0.2, -0.15) is 0 Å². The Kier molecular flexibility index (Phi) is 15.3. The maximum atomic E-state index is 2.83. The highest BCUT2D eigenvalue weighted by atomic mass is 15.2. The molecule has 0 bridgehead atoms. The van der Waals surface area contributed by atoms with Gasteiger partial charge in [0.25, 0.3) is 0 Å². The molecule has 0 fully saturated rings. The summed E-state index contributed by atoms with van der Waals surface area (Å²) in [5.41, 5.74) is 27.8. The van der Waals surface area contributed by atoms with Gasteiger partial charge < -0.3 is 9.80 Å². The van der Waals surface area contributed by atoms with Crippen LogP contribution in [0.5, 0.6) is 0 Å². The van der Waals surface area contributed by atoms with Crippen molar-refractivity contribution < 1.29 is 0 Å². The summed E-state index contributed by atoms with van der Waals surface area (Å²) in [5.74, 6) is 2.40. The number of nitrogens with zero attached hydrogens (tertiary/aromatic N) is 2. The van der Waals surface area contributed by atoms with E-state index in [9.17, 15) is 0 Å². The number of hydrogen-bond donors (Lipinski definition) is 0. The van der Waals surface area contributed by atoms with Gasteiger partial charge in [-0.1, -0.05) is 212 Å². The van der Waals surface area contributed by atoms with E-state index in [0.717, 1.165) is 55.6 Å². The normalized spacial score (nSPS) is 20.4. The van der Waals surface area contributed by atoms with Crippen molar-refractivity contribution in [3.05, 3.63) is 279 Å². The first-order valence-electron chi connectivity index (χ1n) is 31.0. The third-order valence-corrected chi connectivity index (χ3v) is 19.6. The van der Waals surface area contributed by atoms with Gasteiger partial charge in [-0.15, -0.1) is 0 Å². The molecule has 82 heavy (non-hydrogen) atoms. The molecule has 0 saturated carbocycles. The van der Waals surface area contributed by atoms with Crippen molar-refractivity contribution in [3.63, 3.8) is 0 Å². The van der Waals surface area contributed by atoms with E-state index in [1.165, 1.54) is 89.3 Å². The molecule has 2 heteroatoms. The largest absolute Gasteiger partial charge is 0.334 e.